The van der Waals surface area contributed by atoms with Crippen LogP contribution in [0.3, 0.4) is 0 Å². The zero-order chi connectivity index (χ0) is 10.2. The molecular formula is C13H27S+. The van der Waals surface area contributed by atoms with Crippen molar-refractivity contribution in [3.63, 3.8) is 0 Å². The molecule has 14 heavy (non-hydrogen) atoms. The van der Waals surface area contributed by atoms with E-state index in [1.54, 1.807) is 0 Å². The molecule has 0 nitrogen and oxygen atoms in total. The van der Waals surface area contributed by atoms with Gasteiger partial charge in [0.15, 0.2) is 0 Å². The van der Waals surface area contributed by atoms with Gasteiger partial charge in [0.25, 0.3) is 0 Å². The number of rotatable bonds is 6. The Hall–Kier alpha value is 0.350. The maximum Gasteiger partial charge on any atom is 0.118 e. The van der Waals surface area contributed by atoms with E-state index in [0.29, 0.717) is 0 Å². The Kier molecular flexibility index (Phi) is 6.76. The summed E-state index contributed by atoms with van der Waals surface area (Å²) >= 11 is 0. The average molecular weight is 215 g/mol. The lowest BCUT2D eigenvalue weighted by Crippen LogP contribution is -2.25. The normalized spacial score (nSPS) is 21.0. The first-order valence-corrected chi connectivity index (χ1v) is 8.32. The second kappa shape index (κ2) is 7.62. The summed E-state index contributed by atoms with van der Waals surface area (Å²) in [5.74, 6) is 1.52. The fourth-order valence-corrected chi connectivity index (χ4v) is 4.52. The van der Waals surface area contributed by atoms with Gasteiger partial charge in [-0.05, 0) is 49.4 Å². The van der Waals surface area contributed by atoms with Gasteiger partial charge in [0.1, 0.15) is 11.0 Å². The van der Waals surface area contributed by atoms with Crippen LogP contribution in [0.4, 0.5) is 0 Å². The van der Waals surface area contributed by atoms with Crippen molar-refractivity contribution in [1.29, 1.82) is 0 Å². The van der Waals surface area contributed by atoms with Crippen molar-refractivity contribution >= 4 is 10.9 Å². The minimum absolute atomic E-state index is 0.740. The van der Waals surface area contributed by atoms with Gasteiger partial charge in [0.05, 0.1) is 6.26 Å². The van der Waals surface area contributed by atoms with Crippen LogP contribution in [0.15, 0.2) is 0 Å². The molecule has 0 N–H and O–H groups in total. The Balaban J connectivity index is 2.04. The van der Waals surface area contributed by atoms with Gasteiger partial charge in [-0.15, -0.1) is 0 Å². The van der Waals surface area contributed by atoms with Crippen molar-refractivity contribution in [3.8, 4) is 0 Å². The van der Waals surface area contributed by atoms with Crippen LogP contribution in [0.2, 0.25) is 0 Å². The Morgan fingerprint density at radius 1 is 1.00 bits per heavy atom. The van der Waals surface area contributed by atoms with Gasteiger partial charge in [0.2, 0.25) is 0 Å². The molecule has 1 unspecified atom stereocenters. The SMILES string of the molecule is CCCCCC[S+](C)C1CCCCC1. The van der Waals surface area contributed by atoms with E-state index >= 15 is 0 Å². The second-order valence-corrected chi connectivity index (χ2v) is 7.17. The Morgan fingerprint density at radius 3 is 2.36 bits per heavy atom. The van der Waals surface area contributed by atoms with Crippen LogP contribution < -0.4 is 0 Å². The smallest absolute Gasteiger partial charge is 0.0654 e. The third-order valence-electron chi connectivity index (χ3n) is 3.44. The largest absolute Gasteiger partial charge is 0.118 e. The topological polar surface area (TPSA) is 0 Å². The highest BCUT2D eigenvalue weighted by Gasteiger charge is 2.26. The van der Waals surface area contributed by atoms with Crippen LogP contribution in [0, 0.1) is 0 Å². The molecule has 0 aromatic rings. The van der Waals surface area contributed by atoms with Gasteiger partial charge in [-0.2, -0.15) is 0 Å². The summed E-state index contributed by atoms with van der Waals surface area (Å²) in [6, 6.07) is 0. The molecule has 1 aliphatic carbocycles. The predicted octanol–water partition coefficient (Wildman–Crippen LogP) is 4.15. The molecule has 0 heterocycles. The van der Waals surface area contributed by atoms with E-state index in [2.05, 4.69) is 13.2 Å². The molecule has 1 atom stereocenters. The van der Waals surface area contributed by atoms with Gasteiger partial charge >= 0.3 is 0 Å². The van der Waals surface area contributed by atoms with Gasteiger partial charge in [-0.25, -0.2) is 0 Å². The molecule has 1 aliphatic rings. The Morgan fingerprint density at radius 2 is 1.71 bits per heavy atom. The van der Waals surface area contributed by atoms with Crippen LogP contribution >= 0.6 is 0 Å². The molecular weight excluding hydrogens is 188 g/mol. The van der Waals surface area contributed by atoms with Gasteiger partial charge in [-0.1, -0.05) is 26.2 Å². The fraction of sp³-hybridized carbons (Fsp3) is 1.00. The quantitative estimate of drug-likeness (QED) is 0.461. The molecule has 1 heteroatoms. The second-order valence-electron chi connectivity index (χ2n) is 4.72. The summed E-state index contributed by atoms with van der Waals surface area (Å²) in [6.07, 6.45) is 15.9. The molecule has 0 saturated heterocycles. The summed E-state index contributed by atoms with van der Waals surface area (Å²) in [4.78, 5) is 0. The van der Waals surface area contributed by atoms with E-state index in [1.807, 2.05) is 0 Å². The van der Waals surface area contributed by atoms with Gasteiger partial charge in [0, 0.05) is 0 Å². The average Bonchev–Trinajstić information content (AvgIpc) is 2.25. The lowest BCUT2D eigenvalue weighted by Gasteiger charge is -2.20. The molecule has 0 aliphatic heterocycles. The lowest BCUT2D eigenvalue weighted by atomic mass is 10.0. The monoisotopic (exact) mass is 215 g/mol. The van der Waals surface area contributed by atoms with E-state index in [9.17, 15) is 0 Å². The first-order chi connectivity index (χ1) is 6.84. The van der Waals surface area contributed by atoms with Crippen molar-refractivity contribution < 1.29 is 0 Å². The van der Waals surface area contributed by atoms with E-state index < -0.39 is 0 Å². The summed E-state index contributed by atoms with van der Waals surface area (Å²) in [7, 11) is 0.740. The van der Waals surface area contributed by atoms with Crippen LogP contribution in [0.1, 0.15) is 64.7 Å². The maximum absolute atomic E-state index is 2.52. The van der Waals surface area contributed by atoms with E-state index in [-0.39, 0.29) is 0 Å². The molecule has 0 bridgehead atoms. The lowest BCUT2D eigenvalue weighted by molar-refractivity contribution is 0.513. The molecule has 0 amide bonds. The van der Waals surface area contributed by atoms with Crippen molar-refractivity contribution in [1.82, 2.24) is 0 Å². The molecule has 1 fully saturated rings. The molecule has 0 aromatic carbocycles. The van der Waals surface area contributed by atoms with Crippen molar-refractivity contribution in [2.75, 3.05) is 12.0 Å². The van der Waals surface area contributed by atoms with Crippen molar-refractivity contribution in [2.24, 2.45) is 0 Å². The third kappa shape index (κ3) is 4.72. The minimum atomic E-state index is 0.740. The third-order valence-corrected chi connectivity index (χ3v) is 5.98. The summed E-state index contributed by atoms with van der Waals surface area (Å²) < 4.78 is 0. The van der Waals surface area contributed by atoms with Crippen LogP contribution in [0.5, 0.6) is 0 Å². The molecule has 0 aromatic heterocycles. The molecule has 1 rings (SSSR count). The van der Waals surface area contributed by atoms with E-state index in [0.717, 1.165) is 16.1 Å². The van der Waals surface area contributed by atoms with E-state index in [4.69, 9.17) is 0 Å². The van der Waals surface area contributed by atoms with Gasteiger partial charge in [-0.3, -0.25) is 0 Å². The Labute approximate surface area is 93.2 Å². The molecule has 0 radical (unpaired) electrons. The van der Waals surface area contributed by atoms with Crippen LogP contribution in [-0.4, -0.2) is 17.3 Å². The summed E-state index contributed by atoms with van der Waals surface area (Å²) in [6.45, 7) is 2.30. The summed E-state index contributed by atoms with van der Waals surface area (Å²) in [5, 5.41) is 1.10. The van der Waals surface area contributed by atoms with Crippen molar-refractivity contribution in [2.45, 2.75) is 70.0 Å². The number of hydrogen-bond donors (Lipinski definition) is 0. The molecule has 84 valence electrons. The molecule has 1 saturated carbocycles. The van der Waals surface area contributed by atoms with Crippen LogP contribution in [-0.2, 0) is 10.9 Å². The van der Waals surface area contributed by atoms with Crippen molar-refractivity contribution in [3.05, 3.63) is 0 Å². The Bertz CT molecular complexity index is 127. The number of hydrogen-bond acceptors (Lipinski definition) is 0. The first-order valence-electron chi connectivity index (χ1n) is 6.46. The fourth-order valence-electron chi connectivity index (χ4n) is 2.39. The highest BCUT2D eigenvalue weighted by atomic mass is 32.2. The minimum Gasteiger partial charge on any atom is -0.0654 e. The van der Waals surface area contributed by atoms with Gasteiger partial charge < -0.3 is 0 Å². The maximum atomic E-state index is 2.52. The highest BCUT2D eigenvalue weighted by Crippen LogP contribution is 2.25. The first kappa shape index (κ1) is 12.4. The predicted molar refractivity (Wildman–Crippen MR) is 69.2 cm³/mol. The zero-order valence-corrected chi connectivity index (χ0v) is 10.9. The molecule has 0 spiro atoms. The standard InChI is InChI=1S/C13H27S/c1-3-4-5-9-12-14(2)13-10-7-6-8-11-13/h13H,3-12H2,1-2H3/q+1. The summed E-state index contributed by atoms with van der Waals surface area (Å²) in [5.41, 5.74) is 0. The number of unbranched alkanes of at least 4 members (excludes halogenated alkanes) is 3. The van der Waals surface area contributed by atoms with E-state index in [1.165, 1.54) is 63.5 Å². The van der Waals surface area contributed by atoms with Crippen LogP contribution in [0.25, 0.3) is 0 Å². The zero-order valence-electron chi connectivity index (χ0n) is 10.1. The highest BCUT2D eigenvalue weighted by molar-refractivity contribution is 7.96.